The van der Waals surface area contributed by atoms with Gasteiger partial charge in [0.05, 0.1) is 12.7 Å². The summed E-state index contributed by atoms with van der Waals surface area (Å²) in [5.74, 6) is 0. The molecule has 4 atom stereocenters. The van der Waals surface area contributed by atoms with Gasteiger partial charge in [-0.05, 0) is 7.05 Å². The smallest absolute Gasteiger partial charge is 0.394 e. The molecule has 0 aromatic heterocycles. The molecule has 18 heavy (non-hydrogen) atoms. The molecule has 10 nitrogen and oxygen atoms in total. The van der Waals surface area contributed by atoms with E-state index in [0.29, 0.717) is 0 Å². The van der Waals surface area contributed by atoms with Gasteiger partial charge in [-0.3, -0.25) is 9.11 Å². The molecule has 0 aliphatic heterocycles. The Morgan fingerprint density at radius 2 is 1.33 bits per heavy atom. The van der Waals surface area contributed by atoms with E-state index >= 15 is 0 Å². The highest BCUT2D eigenvalue weighted by atomic mass is 32.3. The van der Waals surface area contributed by atoms with Gasteiger partial charge in [-0.25, -0.2) is 0 Å². The van der Waals surface area contributed by atoms with Crippen LogP contribution in [-0.2, 0) is 10.4 Å². The van der Waals surface area contributed by atoms with E-state index in [1.807, 2.05) is 0 Å². The molecule has 0 amide bonds. The number of aliphatic hydroxyl groups is 5. The summed E-state index contributed by atoms with van der Waals surface area (Å²) in [5.41, 5.74) is 0. The molecular weight excluding hydrogens is 274 g/mol. The van der Waals surface area contributed by atoms with E-state index in [4.69, 9.17) is 37.9 Å². The predicted octanol–water partition coefficient (Wildman–Crippen LogP) is -4.01. The Labute approximate surface area is 104 Å². The zero-order chi connectivity index (χ0) is 14.9. The SMILES string of the molecule is CNC[C@H](O)[C@@H](O)[C@H](O)[C@H](O)CO.O=S(=O)(O)O. The lowest BCUT2D eigenvalue weighted by Gasteiger charge is -2.25. The molecule has 0 heterocycles. The Morgan fingerprint density at radius 1 is 1.00 bits per heavy atom. The summed E-state index contributed by atoms with van der Waals surface area (Å²) in [7, 11) is -3.09. The third-order valence-electron chi connectivity index (χ3n) is 1.74. The van der Waals surface area contributed by atoms with Crippen molar-refractivity contribution in [3.8, 4) is 0 Å². The molecule has 0 aliphatic carbocycles. The van der Waals surface area contributed by atoms with E-state index in [-0.39, 0.29) is 6.54 Å². The molecular formula is C7H19NO9S. The highest BCUT2D eigenvalue weighted by Crippen LogP contribution is 2.04. The van der Waals surface area contributed by atoms with Crippen LogP contribution in [0.25, 0.3) is 0 Å². The summed E-state index contributed by atoms with van der Waals surface area (Å²) in [6, 6.07) is 0. The van der Waals surface area contributed by atoms with Crippen molar-refractivity contribution in [1.29, 1.82) is 0 Å². The molecule has 0 saturated carbocycles. The molecule has 0 rings (SSSR count). The Kier molecular flexibility index (Phi) is 10.6. The van der Waals surface area contributed by atoms with Crippen LogP contribution in [0.2, 0.25) is 0 Å². The summed E-state index contributed by atoms with van der Waals surface area (Å²) in [5, 5.41) is 47.5. The van der Waals surface area contributed by atoms with Crippen LogP contribution in [-0.4, -0.2) is 87.7 Å². The van der Waals surface area contributed by atoms with Gasteiger partial charge in [0.2, 0.25) is 0 Å². The van der Waals surface area contributed by atoms with Crippen LogP contribution in [0.1, 0.15) is 0 Å². The van der Waals surface area contributed by atoms with Gasteiger partial charge in [0.25, 0.3) is 0 Å². The Morgan fingerprint density at radius 3 is 1.61 bits per heavy atom. The lowest BCUT2D eigenvalue weighted by Crippen LogP contribution is -2.48. The van der Waals surface area contributed by atoms with Gasteiger partial charge in [-0.15, -0.1) is 0 Å². The molecule has 0 fully saturated rings. The Hall–Kier alpha value is -0.370. The van der Waals surface area contributed by atoms with Crippen LogP contribution in [0.3, 0.4) is 0 Å². The molecule has 8 N–H and O–H groups in total. The van der Waals surface area contributed by atoms with Crippen molar-refractivity contribution in [2.45, 2.75) is 24.4 Å². The fraction of sp³-hybridized carbons (Fsp3) is 1.00. The minimum atomic E-state index is -4.67. The number of aliphatic hydroxyl groups excluding tert-OH is 5. The second-order valence-electron chi connectivity index (χ2n) is 3.30. The lowest BCUT2D eigenvalue weighted by molar-refractivity contribution is -0.113. The minimum Gasteiger partial charge on any atom is -0.394 e. The summed E-state index contributed by atoms with van der Waals surface area (Å²) in [6.07, 6.45) is -5.65. The maximum Gasteiger partial charge on any atom is 0.394 e. The topological polar surface area (TPSA) is 188 Å². The lowest BCUT2D eigenvalue weighted by atomic mass is 10.0. The summed E-state index contributed by atoms with van der Waals surface area (Å²) >= 11 is 0. The number of likely N-dealkylation sites (N-methyl/N-ethyl adjacent to an activating group) is 1. The Balaban J connectivity index is 0. The van der Waals surface area contributed by atoms with Crippen LogP contribution in [0.15, 0.2) is 0 Å². The molecule has 0 aromatic carbocycles. The number of hydrogen-bond donors (Lipinski definition) is 8. The van der Waals surface area contributed by atoms with E-state index in [0.717, 1.165) is 0 Å². The number of rotatable bonds is 6. The van der Waals surface area contributed by atoms with E-state index in [2.05, 4.69) is 5.32 Å². The normalized spacial score (nSPS) is 18.2. The van der Waals surface area contributed by atoms with Crippen molar-refractivity contribution in [2.24, 2.45) is 0 Å². The molecule has 0 radical (unpaired) electrons. The largest absolute Gasteiger partial charge is 0.394 e. The quantitative estimate of drug-likeness (QED) is 0.224. The second-order valence-corrected chi connectivity index (χ2v) is 4.20. The fourth-order valence-corrected chi connectivity index (χ4v) is 0.893. The van der Waals surface area contributed by atoms with E-state index < -0.39 is 41.4 Å². The first-order valence-electron chi connectivity index (χ1n) is 4.72. The number of nitrogens with one attached hydrogen (secondary N) is 1. The van der Waals surface area contributed by atoms with Crippen molar-refractivity contribution >= 4 is 10.4 Å². The van der Waals surface area contributed by atoms with Crippen molar-refractivity contribution in [1.82, 2.24) is 5.32 Å². The second kappa shape index (κ2) is 9.55. The summed E-state index contributed by atoms with van der Waals surface area (Å²) < 4.78 is 31.6. The van der Waals surface area contributed by atoms with Crippen molar-refractivity contribution < 1.29 is 43.1 Å². The first kappa shape index (κ1) is 20.0. The highest BCUT2D eigenvalue weighted by Gasteiger charge is 2.29. The molecule has 0 aliphatic rings. The molecule has 112 valence electrons. The molecule has 0 spiro atoms. The maximum atomic E-state index is 9.21. The van der Waals surface area contributed by atoms with Crippen molar-refractivity contribution in [2.75, 3.05) is 20.2 Å². The van der Waals surface area contributed by atoms with Crippen LogP contribution >= 0.6 is 0 Å². The zero-order valence-electron chi connectivity index (χ0n) is 9.58. The third kappa shape index (κ3) is 12.1. The van der Waals surface area contributed by atoms with E-state index in [1.54, 1.807) is 7.05 Å². The standard InChI is InChI=1S/C7H17NO5.H2O4S/c1-8-2-4(10)6(12)7(13)5(11)3-9;1-5(2,3)4/h4-13H,2-3H2,1H3;(H2,1,2,3,4)/t4-,5+,6+,7+;/m0./s1. The van der Waals surface area contributed by atoms with Crippen molar-refractivity contribution in [3.05, 3.63) is 0 Å². The average Bonchev–Trinajstić information content (AvgIpc) is 2.24. The minimum absolute atomic E-state index is 0.0936. The van der Waals surface area contributed by atoms with Crippen LogP contribution in [0, 0.1) is 0 Å². The third-order valence-corrected chi connectivity index (χ3v) is 1.74. The molecule has 0 bridgehead atoms. The number of hydrogen-bond acceptors (Lipinski definition) is 8. The van der Waals surface area contributed by atoms with Gasteiger partial charge in [0.15, 0.2) is 0 Å². The van der Waals surface area contributed by atoms with Crippen LogP contribution in [0.5, 0.6) is 0 Å². The predicted molar refractivity (Wildman–Crippen MR) is 59.2 cm³/mol. The van der Waals surface area contributed by atoms with Gasteiger partial charge >= 0.3 is 10.4 Å². The van der Waals surface area contributed by atoms with Crippen molar-refractivity contribution in [3.63, 3.8) is 0 Å². The van der Waals surface area contributed by atoms with Gasteiger partial charge in [-0.2, -0.15) is 8.42 Å². The zero-order valence-corrected chi connectivity index (χ0v) is 10.4. The monoisotopic (exact) mass is 293 g/mol. The fourth-order valence-electron chi connectivity index (χ4n) is 0.893. The highest BCUT2D eigenvalue weighted by molar-refractivity contribution is 7.79. The van der Waals surface area contributed by atoms with Gasteiger partial charge in [0.1, 0.15) is 18.3 Å². The molecule has 11 heteroatoms. The molecule has 0 unspecified atom stereocenters. The van der Waals surface area contributed by atoms with Crippen LogP contribution in [0.4, 0.5) is 0 Å². The average molecular weight is 293 g/mol. The molecule has 0 aromatic rings. The first-order valence-corrected chi connectivity index (χ1v) is 6.11. The van der Waals surface area contributed by atoms with Gasteiger partial charge in [-0.1, -0.05) is 0 Å². The first-order chi connectivity index (χ1) is 8.04. The van der Waals surface area contributed by atoms with Crippen LogP contribution < -0.4 is 5.32 Å². The van der Waals surface area contributed by atoms with Gasteiger partial charge in [0, 0.05) is 6.54 Å². The van der Waals surface area contributed by atoms with E-state index in [1.165, 1.54) is 0 Å². The Bertz CT molecular complexity index is 287. The molecule has 0 saturated heterocycles. The van der Waals surface area contributed by atoms with E-state index in [9.17, 15) is 5.11 Å². The summed E-state index contributed by atoms with van der Waals surface area (Å²) in [6.45, 7) is -0.569. The van der Waals surface area contributed by atoms with Gasteiger partial charge < -0.3 is 30.8 Å². The summed E-state index contributed by atoms with van der Waals surface area (Å²) in [4.78, 5) is 0. The maximum absolute atomic E-state index is 9.21.